The minimum Gasteiger partial charge on any atom is -0.413 e. The van der Waals surface area contributed by atoms with Gasteiger partial charge in [-0.2, -0.15) is 4.73 Å². The van der Waals surface area contributed by atoms with Crippen molar-refractivity contribution in [2.75, 3.05) is 6.61 Å². The summed E-state index contributed by atoms with van der Waals surface area (Å²) in [5.74, 6) is 0. The maximum absolute atomic E-state index is 5.08. The number of rotatable bonds is 2. The van der Waals surface area contributed by atoms with Gasteiger partial charge < -0.3 is 4.84 Å². The zero-order valence-electron chi connectivity index (χ0n) is 5.66. The van der Waals surface area contributed by atoms with Gasteiger partial charge in [-0.25, -0.2) is 4.98 Å². The Morgan fingerprint density at radius 3 is 3.00 bits per heavy atom. The van der Waals surface area contributed by atoms with Crippen LogP contribution in [0.4, 0.5) is 0 Å². The van der Waals surface area contributed by atoms with Crippen LogP contribution in [-0.2, 0) is 0 Å². The van der Waals surface area contributed by atoms with E-state index in [2.05, 4.69) is 4.98 Å². The quantitative estimate of drug-likeness (QED) is 0.581. The molecule has 50 valence electrons. The van der Waals surface area contributed by atoms with Crippen LogP contribution in [0.1, 0.15) is 12.6 Å². The normalized spacial score (nSPS) is 9.56. The molecular formula is C6H10N2O. The second kappa shape index (κ2) is 2.53. The zero-order chi connectivity index (χ0) is 6.69. The van der Waals surface area contributed by atoms with Crippen LogP contribution < -0.4 is 4.84 Å². The van der Waals surface area contributed by atoms with Gasteiger partial charge in [0.05, 0.1) is 11.9 Å². The predicted octanol–water partition coefficient (Wildman–Crippen LogP) is 0.640. The van der Waals surface area contributed by atoms with Gasteiger partial charge in [0, 0.05) is 0 Å². The van der Waals surface area contributed by atoms with E-state index < -0.39 is 0 Å². The number of imidazole rings is 1. The van der Waals surface area contributed by atoms with Crippen LogP contribution in [0.5, 0.6) is 0 Å². The van der Waals surface area contributed by atoms with Crippen molar-refractivity contribution in [2.24, 2.45) is 0 Å². The smallest absolute Gasteiger partial charge is 0.132 e. The highest BCUT2D eigenvalue weighted by molar-refractivity contribution is 4.89. The molecule has 1 heterocycles. The van der Waals surface area contributed by atoms with Gasteiger partial charge >= 0.3 is 0 Å². The molecule has 0 bridgehead atoms. The highest BCUT2D eigenvalue weighted by Crippen LogP contribution is 1.88. The van der Waals surface area contributed by atoms with Gasteiger partial charge in [-0.1, -0.05) is 0 Å². The average molecular weight is 126 g/mol. The van der Waals surface area contributed by atoms with Crippen molar-refractivity contribution in [1.82, 2.24) is 9.71 Å². The second-order valence-electron chi connectivity index (χ2n) is 1.79. The van der Waals surface area contributed by atoms with Crippen LogP contribution in [0.2, 0.25) is 0 Å². The molecule has 0 amide bonds. The summed E-state index contributed by atoms with van der Waals surface area (Å²) in [7, 11) is 0. The number of hydrogen-bond donors (Lipinski definition) is 0. The Hall–Kier alpha value is -0.990. The van der Waals surface area contributed by atoms with E-state index in [1.165, 1.54) is 0 Å². The molecule has 0 saturated heterocycles. The number of nitrogens with zero attached hydrogens (tertiary/aromatic N) is 2. The molecule has 0 atom stereocenters. The number of hydrogen-bond acceptors (Lipinski definition) is 2. The summed E-state index contributed by atoms with van der Waals surface area (Å²) in [4.78, 5) is 9.05. The molecule has 0 aliphatic carbocycles. The molecule has 0 saturated carbocycles. The van der Waals surface area contributed by atoms with Crippen molar-refractivity contribution in [3.8, 4) is 0 Å². The van der Waals surface area contributed by atoms with E-state index in [0.717, 1.165) is 5.69 Å². The minimum absolute atomic E-state index is 0.676. The van der Waals surface area contributed by atoms with Crippen molar-refractivity contribution in [1.29, 1.82) is 0 Å². The van der Waals surface area contributed by atoms with Crippen molar-refractivity contribution < 1.29 is 4.84 Å². The summed E-state index contributed by atoms with van der Waals surface area (Å²) < 4.78 is 1.61. The van der Waals surface area contributed by atoms with Crippen molar-refractivity contribution in [3.05, 3.63) is 18.2 Å². The fourth-order valence-corrected chi connectivity index (χ4v) is 0.618. The number of aromatic nitrogens is 2. The van der Waals surface area contributed by atoms with Crippen LogP contribution in [0.3, 0.4) is 0 Å². The molecule has 0 N–H and O–H groups in total. The number of aryl methyl sites for hydroxylation is 1. The Bertz CT molecular complexity index is 183. The van der Waals surface area contributed by atoms with E-state index >= 15 is 0 Å². The lowest BCUT2D eigenvalue weighted by Gasteiger charge is -1.98. The van der Waals surface area contributed by atoms with Gasteiger partial charge in [0.15, 0.2) is 0 Å². The summed E-state index contributed by atoms with van der Waals surface area (Å²) in [6, 6.07) is 0. The van der Waals surface area contributed by atoms with Crippen molar-refractivity contribution in [3.63, 3.8) is 0 Å². The average Bonchev–Trinajstić information content (AvgIpc) is 2.17. The predicted molar refractivity (Wildman–Crippen MR) is 34.1 cm³/mol. The summed E-state index contributed by atoms with van der Waals surface area (Å²) in [6.45, 7) is 4.54. The molecule has 3 nitrogen and oxygen atoms in total. The van der Waals surface area contributed by atoms with Crippen LogP contribution in [0.25, 0.3) is 0 Å². The van der Waals surface area contributed by atoms with E-state index in [1.54, 1.807) is 11.1 Å². The fraction of sp³-hybridized carbons (Fsp3) is 0.500. The van der Waals surface area contributed by atoms with Crippen molar-refractivity contribution >= 4 is 0 Å². The van der Waals surface area contributed by atoms with Gasteiger partial charge in [0.25, 0.3) is 0 Å². The van der Waals surface area contributed by atoms with E-state index in [9.17, 15) is 0 Å². The first-order valence-electron chi connectivity index (χ1n) is 2.97. The lowest BCUT2D eigenvalue weighted by molar-refractivity contribution is 0.121. The molecule has 0 spiro atoms. The molecule has 3 heteroatoms. The lowest BCUT2D eigenvalue weighted by atomic mass is 10.6. The van der Waals surface area contributed by atoms with E-state index in [4.69, 9.17) is 4.84 Å². The van der Waals surface area contributed by atoms with Crippen LogP contribution in [0.15, 0.2) is 12.5 Å². The zero-order valence-corrected chi connectivity index (χ0v) is 5.66. The Morgan fingerprint density at radius 1 is 1.78 bits per heavy atom. The first-order valence-corrected chi connectivity index (χ1v) is 2.97. The molecule has 0 unspecified atom stereocenters. The summed E-state index contributed by atoms with van der Waals surface area (Å²) in [6.07, 6.45) is 3.49. The maximum Gasteiger partial charge on any atom is 0.132 e. The van der Waals surface area contributed by atoms with Gasteiger partial charge in [0.2, 0.25) is 0 Å². The Balaban J connectivity index is 2.61. The molecule has 1 aromatic rings. The highest BCUT2D eigenvalue weighted by atomic mass is 16.7. The third kappa shape index (κ3) is 1.45. The van der Waals surface area contributed by atoms with Gasteiger partial charge in [-0.15, -0.1) is 0 Å². The molecule has 0 aliphatic rings. The monoisotopic (exact) mass is 126 g/mol. The topological polar surface area (TPSA) is 27.1 Å². The van der Waals surface area contributed by atoms with E-state index in [-0.39, 0.29) is 0 Å². The third-order valence-electron chi connectivity index (χ3n) is 0.967. The molecule has 0 aliphatic heterocycles. The van der Waals surface area contributed by atoms with Gasteiger partial charge in [0.1, 0.15) is 12.9 Å². The molecule has 0 fully saturated rings. The van der Waals surface area contributed by atoms with Gasteiger partial charge in [-0.05, 0) is 13.8 Å². The lowest BCUT2D eigenvalue weighted by Crippen LogP contribution is -2.07. The fourth-order valence-electron chi connectivity index (χ4n) is 0.618. The standard InChI is InChI=1S/C6H10N2O/c1-3-9-8-4-6(2)7-5-8/h4-5H,3H2,1-2H3. The molecule has 9 heavy (non-hydrogen) atoms. The van der Waals surface area contributed by atoms with Crippen LogP contribution >= 0.6 is 0 Å². The molecule has 0 radical (unpaired) electrons. The Kier molecular flexibility index (Phi) is 1.72. The van der Waals surface area contributed by atoms with E-state index in [0.29, 0.717) is 6.61 Å². The maximum atomic E-state index is 5.08. The van der Waals surface area contributed by atoms with Crippen LogP contribution in [0, 0.1) is 6.92 Å². The first-order chi connectivity index (χ1) is 4.33. The first kappa shape index (κ1) is 6.13. The molecule has 1 aromatic heterocycles. The van der Waals surface area contributed by atoms with Gasteiger partial charge in [-0.3, -0.25) is 0 Å². The SMILES string of the molecule is CCOn1cnc(C)c1. The minimum atomic E-state index is 0.676. The molecular weight excluding hydrogens is 116 g/mol. The highest BCUT2D eigenvalue weighted by Gasteiger charge is 1.88. The largest absolute Gasteiger partial charge is 0.413 e. The molecule has 0 aromatic carbocycles. The van der Waals surface area contributed by atoms with Crippen LogP contribution in [-0.4, -0.2) is 16.3 Å². The van der Waals surface area contributed by atoms with Crippen molar-refractivity contribution in [2.45, 2.75) is 13.8 Å². The second-order valence-corrected chi connectivity index (χ2v) is 1.79. The summed E-state index contributed by atoms with van der Waals surface area (Å²) in [5.41, 5.74) is 0.975. The molecule has 1 rings (SSSR count). The third-order valence-corrected chi connectivity index (χ3v) is 0.967. The summed E-state index contributed by atoms with van der Waals surface area (Å²) >= 11 is 0. The Morgan fingerprint density at radius 2 is 2.56 bits per heavy atom. The summed E-state index contributed by atoms with van der Waals surface area (Å²) in [5, 5.41) is 0. The van der Waals surface area contributed by atoms with E-state index in [1.807, 2.05) is 20.0 Å². The Labute approximate surface area is 54.2 Å².